The first-order valence-electron chi connectivity index (χ1n) is 8.43. The number of aromatic nitrogens is 2. The third kappa shape index (κ3) is 4.83. The van der Waals surface area contributed by atoms with Crippen LogP contribution in [0.4, 0.5) is 0 Å². The van der Waals surface area contributed by atoms with Crippen LogP contribution in [0.2, 0.25) is 0 Å². The molecule has 0 radical (unpaired) electrons. The average molecular weight is 365 g/mol. The first-order valence-corrected chi connectivity index (χ1v) is 9.30. The summed E-state index contributed by atoms with van der Waals surface area (Å²) in [5.74, 6) is -0.0269. The van der Waals surface area contributed by atoms with E-state index in [1.807, 2.05) is 35.7 Å². The number of Topliss-reactive ketones (excluding diaryl/α,β-unsaturated/α-hetero) is 1. The molecule has 0 saturated heterocycles. The maximum atomic E-state index is 12.1. The third-order valence-corrected chi connectivity index (χ3v) is 4.76. The van der Waals surface area contributed by atoms with Crippen LogP contribution in [-0.4, -0.2) is 21.7 Å². The average Bonchev–Trinajstić information content (AvgIpc) is 3.22. The Bertz CT molecular complexity index is 864. The van der Waals surface area contributed by atoms with Gasteiger partial charge in [0.25, 0.3) is 0 Å². The maximum Gasteiger partial charge on any atom is 0.220 e. The van der Waals surface area contributed by atoms with Crippen molar-refractivity contribution in [2.75, 3.05) is 0 Å². The Morgan fingerprint density at radius 1 is 0.962 bits per heavy atom. The van der Waals surface area contributed by atoms with Gasteiger partial charge in [0.05, 0.1) is 17.1 Å². The molecule has 0 saturated carbocycles. The first-order chi connectivity index (χ1) is 12.7. The Morgan fingerprint density at radius 3 is 2.54 bits per heavy atom. The molecule has 1 aromatic carbocycles. The number of thiophene rings is 1. The van der Waals surface area contributed by atoms with Crippen LogP contribution in [0.1, 0.15) is 35.3 Å². The minimum atomic E-state index is -0.0892. The van der Waals surface area contributed by atoms with Crippen molar-refractivity contribution in [1.82, 2.24) is 15.3 Å². The Balaban J connectivity index is 1.47. The van der Waals surface area contributed by atoms with Crippen molar-refractivity contribution in [2.45, 2.75) is 25.8 Å². The van der Waals surface area contributed by atoms with Gasteiger partial charge in [-0.15, -0.1) is 11.3 Å². The summed E-state index contributed by atoms with van der Waals surface area (Å²) in [5, 5.41) is 4.85. The van der Waals surface area contributed by atoms with E-state index in [4.69, 9.17) is 0 Å². The number of carbonyl (C=O) groups excluding carboxylic acids is 2. The van der Waals surface area contributed by atoms with Crippen LogP contribution in [0.15, 0.2) is 60.2 Å². The summed E-state index contributed by atoms with van der Waals surface area (Å²) < 4.78 is 0. The lowest BCUT2D eigenvalue weighted by molar-refractivity contribution is -0.121. The highest BCUT2D eigenvalue weighted by molar-refractivity contribution is 7.13. The number of nitrogens with zero attached hydrogens (tertiary/aromatic N) is 2. The number of amides is 1. The van der Waals surface area contributed by atoms with Crippen LogP contribution in [0.3, 0.4) is 0 Å². The maximum absolute atomic E-state index is 12.1. The smallest absolute Gasteiger partial charge is 0.220 e. The normalized spacial score (nSPS) is 10.5. The fourth-order valence-corrected chi connectivity index (χ4v) is 3.31. The predicted octanol–water partition coefficient (Wildman–Crippen LogP) is 3.87. The highest BCUT2D eigenvalue weighted by Crippen LogP contribution is 2.24. The summed E-state index contributed by atoms with van der Waals surface area (Å²) in [6.07, 6.45) is 4.47. The molecule has 1 N–H and O–H groups in total. The lowest BCUT2D eigenvalue weighted by Gasteiger charge is -2.08. The number of hydrogen-bond donors (Lipinski definition) is 1. The molecular weight excluding hydrogens is 346 g/mol. The summed E-state index contributed by atoms with van der Waals surface area (Å²) in [5.41, 5.74) is 2.22. The van der Waals surface area contributed by atoms with Crippen LogP contribution in [0.25, 0.3) is 10.6 Å². The highest BCUT2D eigenvalue weighted by Gasteiger charge is 2.11. The van der Waals surface area contributed by atoms with Gasteiger partial charge in [-0.1, -0.05) is 36.4 Å². The van der Waals surface area contributed by atoms with Crippen LogP contribution >= 0.6 is 11.3 Å². The standard InChI is InChI=1S/C20H19N3O2S/c24-17(15-6-2-1-3-7-15)8-4-10-19(25)23-14-16-20(22-12-11-21-16)18-9-5-13-26-18/h1-3,5-7,9,11-13H,4,8,10,14H2,(H,23,25). The lowest BCUT2D eigenvalue weighted by Crippen LogP contribution is -2.23. The zero-order valence-corrected chi connectivity index (χ0v) is 15.0. The van der Waals surface area contributed by atoms with E-state index >= 15 is 0 Å². The van der Waals surface area contributed by atoms with Crippen LogP contribution < -0.4 is 5.32 Å². The van der Waals surface area contributed by atoms with Crippen molar-refractivity contribution in [3.63, 3.8) is 0 Å². The second-order valence-electron chi connectivity index (χ2n) is 5.75. The molecule has 1 amide bonds. The van der Waals surface area contributed by atoms with E-state index in [9.17, 15) is 9.59 Å². The molecule has 2 aromatic heterocycles. The van der Waals surface area contributed by atoms with E-state index in [0.717, 1.165) is 16.3 Å². The largest absolute Gasteiger partial charge is 0.350 e. The van der Waals surface area contributed by atoms with Crippen molar-refractivity contribution < 1.29 is 9.59 Å². The lowest BCUT2D eigenvalue weighted by atomic mass is 10.1. The van der Waals surface area contributed by atoms with Crippen molar-refractivity contribution >= 4 is 23.0 Å². The van der Waals surface area contributed by atoms with Gasteiger partial charge in [-0.3, -0.25) is 19.6 Å². The van der Waals surface area contributed by atoms with Gasteiger partial charge in [0.1, 0.15) is 5.69 Å². The summed E-state index contributed by atoms with van der Waals surface area (Å²) in [6, 6.07) is 13.1. The minimum absolute atomic E-state index is 0.0623. The molecule has 26 heavy (non-hydrogen) atoms. The van der Waals surface area contributed by atoms with Gasteiger partial charge < -0.3 is 5.32 Å². The van der Waals surface area contributed by atoms with Gasteiger partial charge in [-0.25, -0.2) is 0 Å². The molecule has 0 aliphatic rings. The molecule has 0 bridgehead atoms. The van der Waals surface area contributed by atoms with Gasteiger partial charge >= 0.3 is 0 Å². The molecule has 5 nitrogen and oxygen atoms in total. The van der Waals surface area contributed by atoms with Crippen LogP contribution in [-0.2, 0) is 11.3 Å². The summed E-state index contributed by atoms with van der Waals surface area (Å²) in [7, 11) is 0. The van der Waals surface area contributed by atoms with E-state index in [0.29, 0.717) is 31.4 Å². The van der Waals surface area contributed by atoms with E-state index in [1.165, 1.54) is 0 Å². The SMILES string of the molecule is O=C(CCCC(=O)c1ccccc1)NCc1nccnc1-c1cccs1. The monoisotopic (exact) mass is 365 g/mol. The summed E-state index contributed by atoms with van der Waals surface area (Å²) in [6.45, 7) is 0.326. The molecule has 0 atom stereocenters. The van der Waals surface area contributed by atoms with Crippen molar-refractivity contribution in [1.29, 1.82) is 0 Å². The van der Waals surface area contributed by atoms with E-state index in [1.54, 1.807) is 35.9 Å². The molecule has 3 aromatic rings. The highest BCUT2D eigenvalue weighted by atomic mass is 32.1. The van der Waals surface area contributed by atoms with Gasteiger partial charge in [0.15, 0.2) is 5.78 Å². The number of carbonyl (C=O) groups is 2. The van der Waals surface area contributed by atoms with Crippen molar-refractivity contribution in [3.8, 4) is 10.6 Å². The summed E-state index contributed by atoms with van der Waals surface area (Å²) >= 11 is 1.59. The minimum Gasteiger partial charge on any atom is -0.350 e. The van der Waals surface area contributed by atoms with Gasteiger partial charge in [0.2, 0.25) is 5.91 Å². The molecule has 132 valence electrons. The van der Waals surface area contributed by atoms with E-state index in [2.05, 4.69) is 15.3 Å². The number of rotatable bonds is 8. The number of benzene rings is 1. The zero-order valence-electron chi connectivity index (χ0n) is 14.2. The Hall–Kier alpha value is -2.86. The number of hydrogen-bond acceptors (Lipinski definition) is 5. The topological polar surface area (TPSA) is 72.0 Å². The van der Waals surface area contributed by atoms with E-state index < -0.39 is 0 Å². The quantitative estimate of drug-likeness (QED) is 0.615. The number of nitrogens with one attached hydrogen (secondary N) is 1. The molecule has 0 spiro atoms. The molecule has 0 aliphatic heterocycles. The zero-order chi connectivity index (χ0) is 18.2. The third-order valence-electron chi connectivity index (χ3n) is 3.89. The summed E-state index contributed by atoms with van der Waals surface area (Å²) in [4.78, 5) is 33.8. The fraction of sp³-hybridized carbons (Fsp3) is 0.200. The van der Waals surface area contributed by atoms with Gasteiger partial charge in [-0.2, -0.15) is 0 Å². The first kappa shape index (κ1) is 17.9. The Morgan fingerprint density at radius 2 is 1.77 bits per heavy atom. The van der Waals surface area contributed by atoms with Crippen LogP contribution in [0.5, 0.6) is 0 Å². The molecule has 3 rings (SSSR count). The Labute approximate surface area is 156 Å². The second kappa shape index (κ2) is 9.01. The second-order valence-corrected chi connectivity index (χ2v) is 6.70. The Kier molecular flexibility index (Phi) is 6.22. The van der Waals surface area contributed by atoms with Gasteiger partial charge in [0, 0.05) is 30.8 Å². The van der Waals surface area contributed by atoms with E-state index in [-0.39, 0.29) is 11.7 Å². The molecule has 6 heteroatoms. The molecule has 2 heterocycles. The molecular formula is C20H19N3O2S. The molecule has 0 aliphatic carbocycles. The number of ketones is 1. The molecule has 0 unspecified atom stereocenters. The van der Waals surface area contributed by atoms with Crippen LogP contribution in [0, 0.1) is 0 Å². The molecule has 0 fully saturated rings. The van der Waals surface area contributed by atoms with Gasteiger partial charge in [-0.05, 0) is 17.9 Å². The predicted molar refractivity (Wildman–Crippen MR) is 102 cm³/mol. The van der Waals surface area contributed by atoms with Crippen molar-refractivity contribution in [2.24, 2.45) is 0 Å². The van der Waals surface area contributed by atoms with Crippen molar-refractivity contribution in [3.05, 3.63) is 71.5 Å². The fourth-order valence-electron chi connectivity index (χ4n) is 2.56.